The smallest absolute Gasteiger partial charge is 0.204 e. The topological polar surface area (TPSA) is 35.5 Å². The van der Waals surface area contributed by atoms with E-state index in [4.69, 9.17) is 21.1 Å². The lowest BCUT2D eigenvalue weighted by molar-refractivity contribution is 0.104. The zero-order valence-corrected chi connectivity index (χ0v) is 13.4. The first-order valence-corrected chi connectivity index (χ1v) is 7.96. The molecule has 2 heterocycles. The first-order chi connectivity index (χ1) is 10.1. The molecule has 3 nitrogen and oxygen atoms in total. The number of benzene rings is 1. The van der Waals surface area contributed by atoms with Crippen molar-refractivity contribution < 1.29 is 14.3 Å². The van der Waals surface area contributed by atoms with Crippen LogP contribution in [0.1, 0.15) is 32.1 Å². The molecule has 0 N–H and O–H groups in total. The van der Waals surface area contributed by atoms with Crippen molar-refractivity contribution in [2.45, 2.75) is 20.3 Å². The number of hydrogen-bond donors (Lipinski definition) is 0. The third kappa shape index (κ3) is 2.78. The standard InChI is InChI=1S/C16H15ClO3S/c1-9-6-15(21-10(9)2)16(18)11-7-13-14(8-12(11)17)20-5-3-4-19-13/h6-8H,3-5H2,1-2H3. The molecular formula is C16H15ClO3S. The van der Waals surface area contributed by atoms with Crippen LogP contribution in [0.15, 0.2) is 18.2 Å². The van der Waals surface area contributed by atoms with Gasteiger partial charge in [0, 0.05) is 22.9 Å². The number of aryl methyl sites for hydroxylation is 2. The van der Waals surface area contributed by atoms with Gasteiger partial charge in [0.15, 0.2) is 11.5 Å². The maximum atomic E-state index is 12.6. The monoisotopic (exact) mass is 322 g/mol. The van der Waals surface area contributed by atoms with Gasteiger partial charge in [-0.05, 0) is 31.5 Å². The summed E-state index contributed by atoms with van der Waals surface area (Å²) in [5.74, 6) is 1.12. The number of fused-ring (bicyclic) bond motifs is 1. The molecule has 0 radical (unpaired) electrons. The van der Waals surface area contributed by atoms with E-state index in [2.05, 4.69) is 0 Å². The van der Waals surface area contributed by atoms with Gasteiger partial charge in [0.25, 0.3) is 0 Å². The minimum Gasteiger partial charge on any atom is -0.490 e. The Labute approximate surface area is 132 Å². The highest BCUT2D eigenvalue weighted by atomic mass is 35.5. The summed E-state index contributed by atoms with van der Waals surface area (Å²) in [6, 6.07) is 5.26. The van der Waals surface area contributed by atoms with Crippen molar-refractivity contribution in [1.29, 1.82) is 0 Å². The number of ketones is 1. The molecule has 110 valence electrons. The Morgan fingerprint density at radius 3 is 2.43 bits per heavy atom. The lowest BCUT2D eigenvalue weighted by Gasteiger charge is -2.10. The fourth-order valence-corrected chi connectivity index (χ4v) is 3.40. The lowest BCUT2D eigenvalue weighted by atomic mass is 10.1. The Hall–Kier alpha value is -1.52. The predicted octanol–water partition coefficient (Wildman–Crippen LogP) is 4.41. The average molecular weight is 323 g/mol. The minimum atomic E-state index is -0.0724. The minimum absolute atomic E-state index is 0.0724. The van der Waals surface area contributed by atoms with Gasteiger partial charge in [-0.25, -0.2) is 0 Å². The van der Waals surface area contributed by atoms with E-state index in [1.807, 2.05) is 19.9 Å². The van der Waals surface area contributed by atoms with Crippen LogP contribution in [-0.2, 0) is 0 Å². The molecule has 3 rings (SSSR count). The molecule has 0 bridgehead atoms. The van der Waals surface area contributed by atoms with Gasteiger partial charge in [-0.3, -0.25) is 4.79 Å². The molecule has 1 aliphatic rings. The van der Waals surface area contributed by atoms with Crippen molar-refractivity contribution in [2.24, 2.45) is 0 Å². The normalized spacial score (nSPS) is 13.9. The van der Waals surface area contributed by atoms with E-state index in [-0.39, 0.29) is 5.78 Å². The molecule has 0 spiro atoms. The summed E-state index contributed by atoms with van der Waals surface area (Å²) in [6.07, 6.45) is 0.818. The number of rotatable bonds is 2. The van der Waals surface area contributed by atoms with Crippen LogP contribution in [-0.4, -0.2) is 19.0 Å². The summed E-state index contributed by atoms with van der Waals surface area (Å²) in [6.45, 7) is 5.18. The summed E-state index contributed by atoms with van der Waals surface area (Å²) >= 11 is 7.74. The number of thiophene rings is 1. The zero-order valence-electron chi connectivity index (χ0n) is 11.9. The van der Waals surface area contributed by atoms with E-state index in [9.17, 15) is 4.79 Å². The highest BCUT2D eigenvalue weighted by Crippen LogP contribution is 2.36. The van der Waals surface area contributed by atoms with E-state index in [1.54, 1.807) is 12.1 Å². The number of carbonyl (C=O) groups excluding carboxylic acids is 1. The summed E-state index contributed by atoms with van der Waals surface area (Å²) in [4.78, 5) is 14.5. The molecule has 1 aliphatic heterocycles. The zero-order chi connectivity index (χ0) is 15.0. The van der Waals surface area contributed by atoms with Gasteiger partial charge in [-0.15, -0.1) is 11.3 Å². The Morgan fingerprint density at radius 2 is 1.81 bits per heavy atom. The number of hydrogen-bond acceptors (Lipinski definition) is 4. The Kier molecular flexibility index (Phi) is 3.91. The molecule has 0 saturated carbocycles. The molecule has 0 aliphatic carbocycles. The van der Waals surface area contributed by atoms with Gasteiger partial charge < -0.3 is 9.47 Å². The Balaban J connectivity index is 2.02. The molecular weight excluding hydrogens is 308 g/mol. The van der Waals surface area contributed by atoms with Crippen molar-refractivity contribution in [2.75, 3.05) is 13.2 Å². The lowest BCUT2D eigenvalue weighted by Crippen LogP contribution is -2.02. The molecule has 0 amide bonds. The largest absolute Gasteiger partial charge is 0.490 e. The second kappa shape index (κ2) is 5.70. The summed E-state index contributed by atoms with van der Waals surface area (Å²) in [7, 11) is 0. The van der Waals surface area contributed by atoms with Crippen LogP contribution in [0.2, 0.25) is 5.02 Å². The Bertz CT molecular complexity index is 686. The number of carbonyl (C=O) groups is 1. The maximum Gasteiger partial charge on any atom is 0.204 e. The van der Waals surface area contributed by atoms with Crippen molar-refractivity contribution in [3.63, 3.8) is 0 Å². The van der Waals surface area contributed by atoms with Crippen molar-refractivity contribution >= 4 is 28.7 Å². The number of ether oxygens (including phenoxy) is 2. The van der Waals surface area contributed by atoms with E-state index in [0.717, 1.165) is 16.9 Å². The van der Waals surface area contributed by atoms with Gasteiger partial charge in [-0.1, -0.05) is 11.6 Å². The van der Waals surface area contributed by atoms with E-state index >= 15 is 0 Å². The molecule has 0 fully saturated rings. The van der Waals surface area contributed by atoms with Crippen molar-refractivity contribution in [1.82, 2.24) is 0 Å². The maximum absolute atomic E-state index is 12.6. The highest BCUT2D eigenvalue weighted by molar-refractivity contribution is 7.14. The van der Waals surface area contributed by atoms with E-state index in [1.165, 1.54) is 11.3 Å². The SMILES string of the molecule is Cc1cc(C(=O)c2cc3c(cc2Cl)OCCCO3)sc1C. The molecule has 2 aromatic rings. The second-order valence-corrected chi connectivity index (χ2v) is 6.67. The van der Waals surface area contributed by atoms with Crippen LogP contribution >= 0.6 is 22.9 Å². The fourth-order valence-electron chi connectivity index (χ4n) is 2.18. The van der Waals surface area contributed by atoms with Gasteiger partial charge in [0.1, 0.15) is 0 Å². The first kappa shape index (κ1) is 14.4. The molecule has 1 aromatic heterocycles. The molecule has 0 unspecified atom stereocenters. The van der Waals surface area contributed by atoms with Crippen LogP contribution in [0, 0.1) is 13.8 Å². The van der Waals surface area contributed by atoms with Crippen molar-refractivity contribution in [3.05, 3.63) is 44.1 Å². The molecule has 0 saturated heterocycles. The first-order valence-electron chi connectivity index (χ1n) is 6.77. The average Bonchev–Trinajstić information content (AvgIpc) is 2.66. The van der Waals surface area contributed by atoms with Gasteiger partial charge in [0.2, 0.25) is 5.78 Å². The second-order valence-electron chi connectivity index (χ2n) is 5.01. The van der Waals surface area contributed by atoms with Crippen LogP contribution in [0.25, 0.3) is 0 Å². The molecule has 5 heteroatoms. The van der Waals surface area contributed by atoms with Crippen LogP contribution in [0.4, 0.5) is 0 Å². The third-order valence-electron chi connectivity index (χ3n) is 3.47. The van der Waals surface area contributed by atoms with Gasteiger partial charge >= 0.3 is 0 Å². The van der Waals surface area contributed by atoms with E-state index < -0.39 is 0 Å². The van der Waals surface area contributed by atoms with E-state index in [0.29, 0.717) is 40.2 Å². The molecule has 1 aromatic carbocycles. The summed E-state index contributed by atoms with van der Waals surface area (Å²) in [5, 5.41) is 0.396. The van der Waals surface area contributed by atoms with Gasteiger partial charge in [0.05, 0.1) is 23.1 Å². The van der Waals surface area contributed by atoms with Crippen LogP contribution in [0.5, 0.6) is 11.5 Å². The summed E-state index contributed by atoms with van der Waals surface area (Å²) < 4.78 is 11.2. The van der Waals surface area contributed by atoms with Crippen molar-refractivity contribution in [3.8, 4) is 11.5 Å². The number of halogens is 1. The highest BCUT2D eigenvalue weighted by Gasteiger charge is 2.20. The predicted molar refractivity (Wildman–Crippen MR) is 84.3 cm³/mol. The third-order valence-corrected chi connectivity index (χ3v) is 4.94. The quantitative estimate of drug-likeness (QED) is 0.768. The van der Waals surface area contributed by atoms with Crippen LogP contribution < -0.4 is 9.47 Å². The summed E-state index contributed by atoms with van der Waals surface area (Å²) in [5.41, 5.74) is 1.58. The molecule has 21 heavy (non-hydrogen) atoms. The van der Waals surface area contributed by atoms with Gasteiger partial charge in [-0.2, -0.15) is 0 Å². The molecule has 0 atom stereocenters. The Morgan fingerprint density at radius 1 is 1.14 bits per heavy atom. The fraction of sp³-hybridized carbons (Fsp3) is 0.312. The van der Waals surface area contributed by atoms with Crippen LogP contribution in [0.3, 0.4) is 0 Å².